The quantitative estimate of drug-likeness (QED) is 0.167. The van der Waals surface area contributed by atoms with Gasteiger partial charge in [-0.15, -0.1) is 0 Å². The fraction of sp³-hybridized carbons (Fsp3) is 0.382. The lowest BCUT2D eigenvalue weighted by Crippen LogP contribution is -2.10. The van der Waals surface area contributed by atoms with Crippen LogP contribution in [-0.4, -0.2) is 80.5 Å². The molecular formula is C34H41ClO11. The molecule has 12 heteroatoms. The predicted molar refractivity (Wildman–Crippen MR) is 171 cm³/mol. The van der Waals surface area contributed by atoms with E-state index in [0.717, 1.165) is 41.8 Å². The lowest BCUT2D eigenvalue weighted by molar-refractivity contribution is -0.144. The summed E-state index contributed by atoms with van der Waals surface area (Å²) in [4.78, 5) is 30.7. The van der Waals surface area contributed by atoms with Gasteiger partial charge in [-0.2, -0.15) is 0 Å². The van der Waals surface area contributed by atoms with E-state index in [9.17, 15) is 14.4 Å². The molecule has 11 nitrogen and oxygen atoms in total. The van der Waals surface area contributed by atoms with Gasteiger partial charge in [0.25, 0.3) is 0 Å². The minimum absolute atomic E-state index is 0.0256. The number of hydrogen-bond acceptors (Lipinski definition) is 8. The Bertz CT molecular complexity index is 1360. The normalized spacial score (nSPS) is 12.9. The van der Waals surface area contributed by atoms with Gasteiger partial charge in [-0.3, -0.25) is 0 Å². The lowest BCUT2D eigenvalue weighted by atomic mass is 10.1. The zero-order valence-electron chi connectivity index (χ0n) is 26.0. The van der Waals surface area contributed by atoms with Gasteiger partial charge in [0.05, 0.1) is 26.9 Å². The highest BCUT2D eigenvalue weighted by molar-refractivity contribution is 6.30. The Balaban J connectivity index is 0.000000241. The molecule has 0 radical (unpaired) electrons. The van der Waals surface area contributed by atoms with E-state index >= 15 is 0 Å². The monoisotopic (exact) mass is 660 g/mol. The number of benzene rings is 3. The summed E-state index contributed by atoms with van der Waals surface area (Å²) in [7, 11) is 3.15. The van der Waals surface area contributed by atoms with Gasteiger partial charge in [0, 0.05) is 11.6 Å². The van der Waals surface area contributed by atoms with Crippen molar-refractivity contribution in [3.8, 4) is 11.5 Å². The largest absolute Gasteiger partial charge is 0.493 e. The van der Waals surface area contributed by atoms with Crippen LogP contribution in [0.15, 0.2) is 66.7 Å². The molecule has 250 valence electrons. The second-order valence-corrected chi connectivity index (χ2v) is 10.4. The van der Waals surface area contributed by atoms with Crippen LogP contribution < -0.4 is 9.47 Å². The molecule has 46 heavy (non-hydrogen) atoms. The van der Waals surface area contributed by atoms with E-state index in [2.05, 4.69) is 6.07 Å². The molecule has 0 heterocycles. The summed E-state index contributed by atoms with van der Waals surface area (Å²) in [6.45, 7) is 0.129. The Kier molecular flexibility index (Phi) is 17.8. The zero-order chi connectivity index (χ0) is 33.7. The predicted octanol–water partition coefficient (Wildman–Crippen LogP) is 5.50. The average Bonchev–Trinajstić information content (AvgIpc) is 3.46. The molecule has 4 rings (SSSR count). The van der Waals surface area contributed by atoms with Crippen molar-refractivity contribution in [2.45, 2.75) is 38.2 Å². The summed E-state index contributed by atoms with van der Waals surface area (Å²) >= 11 is 5.74. The Morgan fingerprint density at radius 2 is 1.35 bits per heavy atom. The van der Waals surface area contributed by atoms with Crippen LogP contribution in [0.4, 0.5) is 0 Å². The summed E-state index contributed by atoms with van der Waals surface area (Å²) < 4.78 is 25.4. The Labute approximate surface area is 273 Å². The van der Waals surface area contributed by atoms with Crippen molar-refractivity contribution < 1.29 is 53.4 Å². The van der Waals surface area contributed by atoms with Crippen molar-refractivity contribution in [3.63, 3.8) is 0 Å². The Hall–Kier alpha value is -4.16. The highest BCUT2D eigenvalue weighted by Gasteiger charge is 2.22. The SMILES string of the molecule is COc1ccc(CCOCC(=O)O)cc1OC.O=C(O)COC1CCc2ccccc21.O=C(O)COCCCc1ccc(Cl)cc1. The number of carboxylic acids is 3. The molecule has 0 aromatic heterocycles. The summed E-state index contributed by atoms with van der Waals surface area (Å²) in [6.07, 6.45) is 4.18. The second-order valence-electron chi connectivity index (χ2n) is 9.99. The van der Waals surface area contributed by atoms with Gasteiger partial charge in [-0.1, -0.05) is 54.1 Å². The van der Waals surface area contributed by atoms with Gasteiger partial charge in [-0.25, -0.2) is 14.4 Å². The van der Waals surface area contributed by atoms with Crippen molar-refractivity contribution in [2.24, 2.45) is 0 Å². The maximum absolute atomic E-state index is 10.3. The molecule has 3 aromatic carbocycles. The number of aryl methyl sites for hydroxylation is 2. The minimum atomic E-state index is -0.961. The molecule has 3 aromatic rings. The van der Waals surface area contributed by atoms with Crippen molar-refractivity contribution in [1.82, 2.24) is 0 Å². The number of rotatable bonds is 16. The molecule has 1 unspecified atom stereocenters. The second kappa shape index (κ2) is 21.6. The van der Waals surface area contributed by atoms with Crippen LogP contribution in [0, 0.1) is 0 Å². The van der Waals surface area contributed by atoms with E-state index in [1.54, 1.807) is 14.2 Å². The van der Waals surface area contributed by atoms with Crippen LogP contribution >= 0.6 is 11.6 Å². The topological polar surface area (TPSA) is 158 Å². The Morgan fingerprint density at radius 3 is 1.98 bits per heavy atom. The number of fused-ring (bicyclic) bond motifs is 1. The van der Waals surface area contributed by atoms with Crippen LogP contribution in [0.2, 0.25) is 5.02 Å². The molecule has 0 fully saturated rings. The van der Waals surface area contributed by atoms with Gasteiger partial charge in [0.1, 0.15) is 19.8 Å². The molecule has 0 amide bonds. The van der Waals surface area contributed by atoms with Gasteiger partial charge < -0.3 is 39.0 Å². The van der Waals surface area contributed by atoms with Gasteiger partial charge in [0.15, 0.2) is 11.5 Å². The fourth-order valence-electron chi connectivity index (χ4n) is 4.44. The molecule has 3 N–H and O–H groups in total. The zero-order valence-corrected chi connectivity index (χ0v) is 26.7. The number of aliphatic carboxylic acids is 3. The highest BCUT2D eigenvalue weighted by Crippen LogP contribution is 2.33. The van der Waals surface area contributed by atoms with E-state index in [1.165, 1.54) is 11.1 Å². The van der Waals surface area contributed by atoms with Gasteiger partial charge in [-0.05, 0) is 78.6 Å². The molecular weight excluding hydrogens is 620 g/mol. The first-order valence-electron chi connectivity index (χ1n) is 14.6. The third-order valence-corrected chi connectivity index (χ3v) is 6.84. The van der Waals surface area contributed by atoms with Crippen molar-refractivity contribution in [2.75, 3.05) is 47.3 Å². The summed E-state index contributed by atoms with van der Waals surface area (Å²) in [5.74, 6) is -1.47. The van der Waals surface area contributed by atoms with E-state index in [1.807, 2.05) is 60.7 Å². The highest BCUT2D eigenvalue weighted by atomic mass is 35.5. The smallest absolute Gasteiger partial charge is 0.329 e. The Morgan fingerprint density at radius 1 is 0.739 bits per heavy atom. The first kappa shape index (κ1) is 38.0. The summed E-state index contributed by atoms with van der Waals surface area (Å²) in [5.41, 5.74) is 4.61. The molecule has 0 spiro atoms. The summed E-state index contributed by atoms with van der Waals surface area (Å²) in [6, 6.07) is 21.2. The standard InChI is InChI=1S/C12H16O5.C11H13ClO3.C11H12O3/c1-15-10-4-3-9(7-11(10)16-2)5-6-17-8-12(13)14;12-10-5-3-9(4-6-10)2-1-7-15-8-11(13)14;12-11(13)7-14-10-6-5-8-3-1-2-4-9(8)10/h3-4,7H,5-6,8H2,1-2H3,(H,13,14);3-6H,1-2,7-8H2,(H,13,14);1-4,10H,5-7H2,(H,12,13). The number of carboxylic acid groups (broad SMARTS) is 3. The lowest BCUT2D eigenvalue weighted by Gasteiger charge is -2.10. The van der Waals surface area contributed by atoms with Crippen LogP contribution in [0.5, 0.6) is 11.5 Å². The van der Waals surface area contributed by atoms with E-state index in [4.69, 9.17) is 50.6 Å². The van der Waals surface area contributed by atoms with Crippen molar-refractivity contribution >= 4 is 29.5 Å². The number of carbonyl (C=O) groups is 3. The van der Waals surface area contributed by atoms with Crippen LogP contribution in [0.25, 0.3) is 0 Å². The van der Waals surface area contributed by atoms with E-state index in [0.29, 0.717) is 31.1 Å². The molecule has 0 saturated carbocycles. The third-order valence-electron chi connectivity index (χ3n) is 6.59. The van der Waals surface area contributed by atoms with Crippen LogP contribution in [0.1, 0.15) is 41.2 Å². The number of ether oxygens (including phenoxy) is 5. The number of hydrogen-bond donors (Lipinski definition) is 3. The number of halogens is 1. The first-order valence-corrected chi connectivity index (χ1v) is 15.0. The maximum Gasteiger partial charge on any atom is 0.329 e. The minimum Gasteiger partial charge on any atom is -0.493 e. The van der Waals surface area contributed by atoms with E-state index < -0.39 is 17.9 Å². The molecule has 1 aliphatic rings. The maximum atomic E-state index is 10.3. The first-order chi connectivity index (χ1) is 22.1. The van der Waals surface area contributed by atoms with E-state index in [-0.39, 0.29) is 25.9 Å². The fourth-order valence-corrected chi connectivity index (χ4v) is 4.56. The van der Waals surface area contributed by atoms with Crippen LogP contribution in [-0.2, 0) is 47.9 Å². The van der Waals surface area contributed by atoms with Gasteiger partial charge >= 0.3 is 17.9 Å². The molecule has 0 bridgehead atoms. The molecule has 0 saturated heterocycles. The average molecular weight is 661 g/mol. The molecule has 0 aliphatic heterocycles. The number of methoxy groups -OCH3 is 2. The molecule has 1 aliphatic carbocycles. The third kappa shape index (κ3) is 15.2. The molecule has 1 atom stereocenters. The van der Waals surface area contributed by atoms with Crippen molar-refractivity contribution in [3.05, 3.63) is 94.0 Å². The van der Waals surface area contributed by atoms with Gasteiger partial charge in [0.2, 0.25) is 0 Å². The van der Waals surface area contributed by atoms with Crippen molar-refractivity contribution in [1.29, 1.82) is 0 Å². The summed E-state index contributed by atoms with van der Waals surface area (Å²) in [5, 5.41) is 25.9. The van der Waals surface area contributed by atoms with Crippen LogP contribution in [0.3, 0.4) is 0 Å².